The molecule has 4 nitrogen and oxygen atoms in total. The number of furan rings is 1. The monoisotopic (exact) mass is 289 g/mol. The molecule has 0 aromatic carbocycles. The Morgan fingerprint density at radius 2 is 2.14 bits per heavy atom. The van der Waals surface area contributed by atoms with Crippen LogP contribution in [0.3, 0.4) is 0 Å². The summed E-state index contributed by atoms with van der Waals surface area (Å²) in [5.74, 6) is 1.61. The molecule has 114 valence electrons. The molecule has 2 aliphatic rings. The number of nitrogens with zero attached hydrogens (tertiary/aromatic N) is 1. The van der Waals surface area contributed by atoms with Gasteiger partial charge in [-0.05, 0) is 44.2 Å². The largest absolute Gasteiger partial charge is 0.456 e. The molecule has 2 fully saturated rings. The molecule has 1 aromatic rings. The van der Waals surface area contributed by atoms with Gasteiger partial charge in [-0.3, -0.25) is 9.59 Å². The number of amides is 1. The molecular weight excluding hydrogens is 266 g/mol. The van der Waals surface area contributed by atoms with Crippen LogP contribution in [0.5, 0.6) is 0 Å². The molecule has 1 amide bonds. The van der Waals surface area contributed by atoms with E-state index < -0.39 is 0 Å². The Balaban J connectivity index is 1.80. The lowest BCUT2D eigenvalue weighted by Crippen LogP contribution is -2.48. The van der Waals surface area contributed by atoms with Crippen molar-refractivity contribution in [1.29, 1.82) is 0 Å². The number of aryl methyl sites for hydroxylation is 1. The van der Waals surface area contributed by atoms with Gasteiger partial charge in [0.1, 0.15) is 11.5 Å². The Kier molecular flexibility index (Phi) is 4.13. The van der Waals surface area contributed by atoms with Gasteiger partial charge in [-0.1, -0.05) is 6.92 Å². The predicted molar refractivity (Wildman–Crippen MR) is 79.1 cm³/mol. The fourth-order valence-electron chi connectivity index (χ4n) is 3.70. The molecule has 0 bridgehead atoms. The quantitative estimate of drug-likeness (QED) is 0.858. The highest BCUT2D eigenvalue weighted by Crippen LogP contribution is 2.33. The van der Waals surface area contributed by atoms with Gasteiger partial charge in [-0.2, -0.15) is 0 Å². The summed E-state index contributed by atoms with van der Waals surface area (Å²) >= 11 is 0. The number of carbonyl (C=O) groups excluding carboxylic acids is 2. The molecule has 1 saturated heterocycles. The maximum Gasteiger partial charge on any atom is 0.289 e. The van der Waals surface area contributed by atoms with Crippen LogP contribution in [-0.2, 0) is 11.2 Å². The van der Waals surface area contributed by atoms with Crippen molar-refractivity contribution in [3.05, 3.63) is 23.7 Å². The van der Waals surface area contributed by atoms with Crippen molar-refractivity contribution in [1.82, 2.24) is 4.90 Å². The third kappa shape index (κ3) is 2.76. The van der Waals surface area contributed by atoms with Crippen LogP contribution in [-0.4, -0.2) is 29.2 Å². The van der Waals surface area contributed by atoms with E-state index in [0.29, 0.717) is 18.0 Å². The van der Waals surface area contributed by atoms with Crippen molar-refractivity contribution in [2.24, 2.45) is 5.92 Å². The third-order valence-electron chi connectivity index (χ3n) is 4.85. The van der Waals surface area contributed by atoms with E-state index >= 15 is 0 Å². The molecule has 21 heavy (non-hydrogen) atoms. The standard InChI is InChI=1S/C17H23NO3/c1-2-12-9-10-16(21-12)17(20)18-11-4-3-7-14(18)13-6-5-8-15(13)19/h9-10,13-14H,2-8,11H2,1H3. The second-order valence-electron chi connectivity index (χ2n) is 6.15. The van der Waals surface area contributed by atoms with Crippen LogP contribution in [0.25, 0.3) is 0 Å². The minimum Gasteiger partial charge on any atom is -0.456 e. The summed E-state index contributed by atoms with van der Waals surface area (Å²) in [5.41, 5.74) is 0. The zero-order valence-electron chi connectivity index (χ0n) is 12.6. The highest BCUT2D eigenvalue weighted by molar-refractivity contribution is 5.92. The minimum atomic E-state index is -0.0425. The van der Waals surface area contributed by atoms with Gasteiger partial charge in [0.05, 0.1) is 0 Å². The van der Waals surface area contributed by atoms with E-state index in [1.807, 2.05) is 17.9 Å². The summed E-state index contributed by atoms with van der Waals surface area (Å²) in [7, 11) is 0. The van der Waals surface area contributed by atoms with E-state index in [0.717, 1.165) is 50.8 Å². The van der Waals surface area contributed by atoms with Crippen molar-refractivity contribution >= 4 is 11.7 Å². The maximum atomic E-state index is 12.7. The fourth-order valence-corrected chi connectivity index (χ4v) is 3.70. The Hall–Kier alpha value is -1.58. The summed E-state index contributed by atoms with van der Waals surface area (Å²) in [6.07, 6.45) is 6.46. The maximum absolute atomic E-state index is 12.7. The predicted octanol–water partition coefficient (Wildman–Crippen LogP) is 3.21. The molecule has 2 unspecified atom stereocenters. The number of ketones is 1. The second kappa shape index (κ2) is 6.04. The van der Waals surface area contributed by atoms with Crippen molar-refractivity contribution in [3.8, 4) is 0 Å². The van der Waals surface area contributed by atoms with E-state index in [1.165, 1.54) is 0 Å². The molecule has 3 rings (SSSR count). The van der Waals surface area contributed by atoms with Crippen molar-refractivity contribution < 1.29 is 14.0 Å². The van der Waals surface area contributed by atoms with E-state index in [4.69, 9.17) is 4.42 Å². The zero-order chi connectivity index (χ0) is 14.8. The molecule has 4 heteroatoms. The van der Waals surface area contributed by atoms with E-state index in [-0.39, 0.29) is 17.9 Å². The topological polar surface area (TPSA) is 50.5 Å². The minimum absolute atomic E-state index is 0.0425. The Labute approximate surface area is 125 Å². The first-order chi connectivity index (χ1) is 10.2. The number of hydrogen-bond donors (Lipinski definition) is 0. The molecular formula is C17H23NO3. The number of Topliss-reactive ketones (excluding diaryl/α,β-unsaturated/α-hetero) is 1. The average Bonchev–Trinajstić information content (AvgIpc) is 3.15. The van der Waals surface area contributed by atoms with Crippen LogP contribution in [0.4, 0.5) is 0 Å². The number of carbonyl (C=O) groups is 2. The zero-order valence-corrected chi connectivity index (χ0v) is 12.6. The van der Waals surface area contributed by atoms with Crippen molar-refractivity contribution in [3.63, 3.8) is 0 Å². The smallest absolute Gasteiger partial charge is 0.289 e. The Bertz CT molecular complexity index is 534. The SMILES string of the molecule is CCc1ccc(C(=O)N2CCCCC2C2CCCC2=O)o1. The van der Waals surface area contributed by atoms with Gasteiger partial charge in [0.15, 0.2) is 5.76 Å². The molecule has 0 N–H and O–H groups in total. The number of hydrogen-bond acceptors (Lipinski definition) is 3. The second-order valence-corrected chi connectivity index (χ2v) is 6.15. The van der Waals surface area contributed by atoms with E-state index in [9.17, 15) is 9.59 Å². The first kappa shape index (κ1) is 14.4. The highest BCUT2D eigenvalue weighted by atomic mass is 16.4. The fraction of sp³-hybridized carbons (Fsp3) is 0.647. The van der Waals surface area contributed by atoms with Gasteiger partial charge >= 0.3 is 0 Å². The first-order valence-electron chi connectivity index (χ1n) is 8.13. The third-order valence-corrected chi connectivity index (χ3v) is 4.85. The van der Waals surface area contributed by atoms with Crippen LogP contribution in [0.1, 0.15) is 61.8 Å². The van der Waals surface area contributed by atoms with Gasteiger partial charge < -0.3 is 9.32 Å². The number of rotatable bonds is 3. The van der Waals surface area contributed by atoms with Crippen LogP contribution >= 0.6 is 0 Å². The molecule has 0 radical (unpaired) electrons. The summed E-state index contributed by atoms with van der Waals surface area (Å²) in [4.78, 5) is 26.7. The Morgan fingerprint density at radius 1 is 1.29 bits per heavy atom. The lowest BCUT2D eigenvalue weighted by Gasteiger charge is -2.38. The van der Waals surface area contributed by atoms with Gasteiger partial charge in [0, 0.05) is 31.3 Å². The first-order valence-corrected chi connectivity index (χ1v) is 8.13. The highest BCUT2D eigenvalue weighted by Gasteiger charge is 2.39. The number of likely N-dealkylation sites (tertiary alicyclic amines) is 1. The normalized spacial score (nSPS) is 26.3. The van der Waals surface area contributed by atoms with Crippen LogP contribution in [0.15, 0.2) is 16.5 Å². The lowest BCUT2D eigenvalue weighted by molar-refractivity contribution is -0.122. The van der Waals surface area contributed by atoms with Crippen molar-refractivity contribution in [2.75, 3.05) is 6.54 Å². The summed E-state index contributed by atoms with van der Waals surface area (Å²) in [6, 6.07) is 3.72. The average molecular weight is 289 g/mol. The Morgan fingerprint density at radius 3 is 2.81 bits per heavy atom. The molecule has 0 spiro atoms. The molecule has 1 aliphatic carbocycles. The summed E-state index contributed by atoms with van der Waals surface area (Å²) < 4.78 is 5.61. The van der Waals surface area contributed by atoms with Gasteiger partial charge in [0.25, 0.3) is 5.91 Å². The van der Waals surface area contributed by atoms with Gasteiger partial charge in [0.2, 0.25) is 0 Å². The molecule has 2 heterocycles. The van der Waals surface area contributed by atoms with Crippen LogP contribution in [0, 0.1) is 5.92 Å². The van der Waals surface area contributed by atoms with E-state index in [1.54, 1.807) is 6.07 Å². The molecule has 1 aliphatic heterocycles. The van der Waals surface area contributed by atoms with Gasteiger partial charge in [-0.25, -0.2) is 0 Å². The summed E-state index contributed by atoms with van der Waals surface area (Å²) in [6.45, 7) is 2.75. The van der Waals surface area contributed by atoms with Crippen LogP contribution in [0.2, 0.25) is 0 Å². The number of piperidine rings is 1. The lowest BCUT2D eigenvalue weighted by atomic mass is 9.88. The summed E-state index contributed by atoms with van der Waals surface area (Å²) in [5, 5.41) is 0. The molecule has 1 saturated carbocycles. The molecule has 1 aromatic heterocycles. The van der Waals surface area contributed by atoms with E-state index in [2.05, 4.69) is 0 Å². The van der Waals surface area contributed by atoms with Gasteiger partial charge in [-0.15, -0.1) is 0 Å². The van der Waals surface area contributed by atoms with Crippen molar-refractivity contribution in [2.45, 2.75) is 57.9 Å². The molecule has 2 atom stereocenters. The van der Waals surface area contributed by atoms with Crippen LogP contribution < -0.4 is 0 Å².